The summed E-state index contributed by atoms with van der Waals surface area (Å²) in [7, 11) is -3.07. The fraction of sp³-hybridized carbons (Fsp3) is 0.667. The zero-order valence-electron chi connectivity index (χ0n) is 12.7. The maximum atomic E-state index is 12.5. The lowest BCUT2D eigenvalue weighted by atomic mass is 10.1. The number of likely N-dealkylation sites (tertiary alicyclic amines) is 1. The molecule has 1 N–H and O–H groups in total. The number of carbonyl (C=O) groups is 1. The number of nitrogens with one attached hydrogen (secondary N) is 1. The number of hydrogen-bond acceptors (Lipinski definition) is 5. The SMILES string of the molecule is CCc1ccsc1C(=O)N[C@@H]1CS(=O)(=O)C[C@H]1N1CCCC1. The largest absolute Gasteiger partial charge is 0.346 e. The average molecular weight is 342 g/mol. The maximum Gasteiger partial charge on any atom is 0.261 e. The molecule has 0 aromatic carbocycles. The van der Waals surface area contributed by atoms with Crippen molar-refractivity contribution in [2.75, 3.05) is 24.6 Å². The number of carbonyl (C=O) groups excluding carboxylic acids is 1. The van der Waals surface area contributed by atoms with Crippen LogP contribution >= 0.6 is 11.3 Å². The molecule has 0 aliphatic carbocycles. The molecule has 3 rings (SSSR count). The van der Waals surface area contributed by atoms with E-state index in [1.54, 1.807) is 0 Å². The van der Waals surface area contributed by atoms with Gasteiger partial charge in [-0.05, 0) is 49.4 Å². The molecule has 2 aliphatic heterocycles. The van der Waals surface area contributed by atoms with Gasteiger partial charge >= 0.3 is 0 Å². The van der Waals surface area contributed by atoms with E-state index in [2.05, 4.69) is 10.2 Å². The Kier molecular flexibility index (Phi) is 4.56. The fourth-order valence-corrected chi connectivity index (χ4v) is 6.30. The van der Waals surface area contributed by atoms with Gasteiger partial charge in [-0.1, -0.05) is 6.92 Å². The quantitative estimate of drug-likeness (QED) is 0.896. The molecule has 3 heterocycles. The van der Waals surface area contributed by atoms with E-state index < -0.39 is 9.84 Å². The second-order valence-electron chi connectivity index (χ2n) is 6.10. The van der Waals surface area contributed by atoms with E-state index in [0.29, 0.717) is 4.88 Å². The molecule has 122 valence electrons. The van der Waals surface area contributed by atoms with Gasteiger partial charge in [0.15, 0.2) is 9.84 Å². The number of thiophene rings is 1. The summed E-state index contributed by atoms with van der Waals surface area (Å²) in [4.78, 5) is 15.4. The zero-order valence-corrected chi connectivity index (χ0v) is 14.4. The molecule has 2 fully saturated rings. The molecule has 2 atom stereocenters. The molecule has 2 aliphatic rings. The van der Waals surface area contributed by atoms with Crippen molar-refractivity contribution in [3.63, 3.8) is 0 Å². The zero-order chi connectivity index (χ0) is 15.7. The summed E-state index contributed by atoms with van der Waals surface area (Å²) in [6, 6.07) is 1.60. The number of nitrogens with zero attached hydrogens (tertiary/aromatic N) is 1. The molecule has 0 spiro atoms. The van der Waals surface area contributed by atoms with Crippen LogP contribution in [0.4, 0.5) is 0 Å². The third kappa shape index (κ3) is 3.21. The van der Waals surface area contributed by atoms with Gasteiger partial charge in [0, 0.05) is 6.04 Å². The smallest absolute Gasteiger partial charge is 0.261 e. The van der Waals surface area contributed by atoms with Crippen molar-refractivity contribution in [1.29, 1.82) is 0 Å². The lowest BCUT2D eigenvalue weighted by Crippen LogP contribution is -2.50. The van der Waals surface area contributed by atoms with Crippen LogP contribution in [0.3, 0.4) is 0 Å². The predicted molar refractivity (Wildman–Crippen MR) is 88.2 cm³/mol. The van der Waals surface area contributed by atoms with E-state index in [-0.39, 0.29) is 29.5 Å². The number of amides is 1. The van der Waals surface area contributed by atoms with Crippen molar-refractivity contribution in [3.05, 3.63) is 21.9 Å². The van der Waals surface area contributed by atoms with Gasteiger partial charge in [-0.25, -0.2) is 8.42 Å². The molecule has 1 aromatic rings. The highest BCUT2D eigenvalue weighted by Crippen LogP contribution is 2.24. The van der Waals surface area contributed by atoms with Gasteiger partial charge in [-0.3, -0.25) is 9.69 Å². The molecule has 2 saturated heterocycles. The molecule has 0 saturated carbocycles. The normalized spacial score (nSPS) is 28.0. The summed E-state index contributed by atoms with van der Waals surface area (Å²) >= 11 is 1.42. The van der Waals surface area contributed by atoms with Crippen LogP contribution in [0.25, 0.3) is 0 Å². The first-order valence-corrected chi connectivity index (χ1v) is 10.5. The number of sulfone groups is 1. The van der Waals surface area contributed by atoms with Crippen LogP contribution in [0.1, 0.15) is 35.0 Å². The van der Waals surface area contributed by atoms with E-state index in [1.165, 1.54) is 11.3 Å². The second-order valence-corrected chi connectivity index (χ2v) is 9.17. The minimum atomic E-state index is -3.07. The highest BCUT2D eigenvalue weighted by atomic mass is 32.2. The minimum Gasteiger partial charge on any atom is -0.346 e. The first kappa shape index (κ1) is 16.0. The average Bonchev–Trinajstić information content (AvgIpc) is 3.17. The molecule has 7 heteroatoms. The topological polar surface area (TPSA) is 66.5 Å². The summed E-state index contributed by atoms with van der Waals surface area (Å²) in [5, 5.41) is 4.90. The molecule has 0 radical (unpaired) electrons. The van der Waals surface area contributed by atoms with E-state index in [4.69, 9.17) is 0 Å². The third-order valence-electron chi connectivity index (χ3n) is 4.58. The Hall–Kier alpha value is -0.920. The summed E-state index contributed by atoms with van der Waals surface area (Å²) in [5.74, 6) is 0.105. The Balaban J connectivity index is 1.75. The van der Waals surface area contributed by atoms with Crippen molar-refractivity contribution < 1.29 is 13.2 Å². The summed E-state index contributed by atoms with van der Waals surface area (Å²) < 4.78 is 24.0. The van der Waals surface area contributed by atoms with Crippen molar-refractivity contribution in [1.82, 2.24) is 10.2 Å². The van der Waals surface area contributed by atoms with Crippen LogP contribution in [0, 0.1) is 0 Å². The van der Waals surface area contributed by atoms with E-state index in [0.717, 1.165) is 37.9 Å². The van der Waals surface area contributed by atoms with Crippen LogP contribution in [-0.2, 0) is 16.3 Å². The van der Waals surface area contributed by atoms with Gasteiger partial charge in [0.2, 0.25) is 0 Å². The lowest BCUT2D eigenvalue weighted by molar-refractivity contribution is 0.0922. The molecule has 1 aromatic heterocycles. The van der Waals surface area contributed by atoms with Crippen LogP contribution in [0.5, 0.6) is 0 Å². The van der Waals surface area contributed by atoms with Crippen molar-refractivity contribution in [2.45, 2.75) is 38.3 Å². The molecular weight excluding hydrogens is 320 g/mol. The van der Waals surface area contributed by atoms with Gasteiger partial charge in [0.25, 0.3) is 5.91 Å². The van der Waals surface area contributed by atoms with Crippen LogP contribution in [0.15, 0.2) is 11.4 Å². The Morgan fingerprint density at radius 2 is 2.09 bits per heavy atom. The highest BCUT2D eigenvalue weighted by Gasteiger charge is 2.42. The first-order valence-electron chi connectivity index (χ1n) is 7.82. The molecule has 1 amide bonds. The van der Waals surface area contributed by atoms with Crippen LogP contribution in [0.2, 0.25) is 0 Å². The van der Waals surface area contributed by atoms with Crippen LogP contribution in [-0.4, -0.2) is 55.9 Å². The first-order chi connectivity index (χ1) is 10.5. The Morgan fingerprint density at radius 1 is 1.36 bits per heavy atom. The standard InChI is InChI=1S/C15H22N2O3S2/c1-2-11-5-8-21-14(11)15(18)16-12-9-22(19,20)10-13(12)17-6-3-4-7-17/h5,8,12-13H,2-4,6-7,9-10H2,1H3,(H,16,18)/t12-,13-/m1/s1. The monoisotopic (exact) mass is 342 g/mol. The van der Waals surface area contributed by atoms with E-state index >= 15 is 0 Å². The van der Waals surface area contributed by atoms with Crippen molar-refractivity contribution >= 4 is 27.1 Å². The lowest BCUT2D eigenvalue weighted by Gasteiger charge is -2.28. The molecular formula is C15H22N2O3S2. The highest BCUT2D eigenvalue weighted by molar-refractivity contribution is 7.91. The van der Waals surface area contributed by atoms with Crippen molar-refractivity contribution in [2.24, 2.45) is 0 Å². The second kappa shape index (κ2) is 6.29. The van der Waals surface area contributed by atoms with Gasteiger partial charge in [0.1, 0.15) is 0 Å². The van der Waals surface area contributed by atoms with E-state index in [1.807, 2.05) is 18.4 Å². The van der Waals surface area contributed by atoms with E-state index in [9.17, 15) is 13.2 Å². The number of rotatable bonds is 4. The molecule has 5 nitrogen and oxygen atoms in total. The third-order valence-corrected chi connectivity index (χ3v) is 7.25. The van der Waals surface area contributed by atoms with Gasteiger partial charge < -0.3 is 5.32 Å². The fourth-order valence-electron chi connectivity index (χ4n) is 3.45. The maximum absolute atomic E-state index is 12.5. The predicted octanol–water partition coefficient (Wildman–Crippen LogP) is 1.30. The summed E-state index contributed by atoms with van der Waals surface area (Å²) in [5.41, 5.74) is 1.03. The molecule has 0 bridgehead atoms. The summed E-state index contributed by atoms with van der Waals surface area (Å²) in [6.45, 7) is 3.89. The number of hydrogen-bond donors (Lipinski definition) is 1. The van der Waals surface area contributed by atoms with Crippen molar-refractivity contribution in [3.8, 4) is 0 Å². The molecule has 22 heavy (non-hydrogen) atoms. The van der Waals surface area contributed by atoms with Gasteiger partial charge in [-0.15, -0.1) is 11.3 Å². The van der Waals surface area contributed by atoms with Crippen LogP contribution < -0.4 is 5.32 Å². The minimum absolute atomic E-state index is 0.0622. The number of aryl methyl sites for hydroxylation is 1. The molecule has 0 unspecified atom stereocenters. The Bertz CT molecular complexity index is 647. The summed E-state index contributed by atoms with van der Waals surface area (Å²) in [6.07, 6.45) is 3.04. The van der Waals surface area contributed by atoms with Gasteiger partial charge in [0.05, 0.1) is 22.4 Å². The Labute approximate surface area is 135 Å². The Morgan fingerprint density at radius 3 is 2.77 bits per heavy atom. The van der Waals surface area contributed by atoms with Gasteiger partial charge in [-0.2, -0.15) is 0 Å².